The van der Waals surface area contributed by atoms with Gasteiger partial charge in [-0.3, -0.25) is 4.72 Å². The molecule has 0 amide bonds. The first-order valence-electron chi connectivity index (χ1n) is 6.64. The van der Waals surface area contributed by atoms with Crippen molar-refractivity contribution < 1.29 is 21.6 Å². The van der Waals surface area contributed by atoms with E-state index < -0.39 is 20.0 Å². The lowest BCUT2D eigenvalue weighted by Crippen LogP contribution is -2.26. The molecule has 0 unspecified atom stereocenters. The summed E-state index contributed by atoms with van der Waals surface area (Å²) in [5.74, 6) is -0.0349. The van der Waals surface area contributed by atoms with Crippen LogP contribution in [-0.4, -0.2) is 42.8 Å². The van der Waals surface area contributed by atoms with Gasteiger partial charge < -0.3 is 10.5 Å². The monoisotopic (exact) mass is 351 g/mol. The van der Waals surface area contributed by atoms with Crippen molar-refractivity contribution in [3.05, 3.63) is 18.2 Å². The van der Waals surface area contributed by atoms with Gasteiger partial charge in [0.15, 0.2) is 0 Å². The summed E-state index contributed by atoms with van der Waals surface area (Å²) < 4.78 is 57.2. The minimum Gasteiger partial charge on any atom is -0.495 e. The van der Waals surface area contributed by atoms with Gasteiger partial charge >= 0.3 is 0 Å². The molecule has 4 N–H and O–H groups in total. The van der Waals surface area contributed by atoms with Gasteiger partial charge in [-0.2, -0.15) is 0 Å². The van der Waals surface area contributed by atoms with Crippen molar-refractivity contribution in [3.63, 3.8) is 0 Å². The molecule has 126 valence electrons. The number of nitrogens with one attached hydrogen (secondary N) is 2. The Morgan fingerprint density at radius 3 is 2.45 bits per heavy atom. The molecule has 0 aliphatic carbocycles. The highest BCUT2D eigenvalue weighted by Crippen LogP contribution is 2.27. The number of hydrogen-bond acceptors (Lipinski definition) is 6. The second kappa shape index (κ2) is 7.77. The van der Waals surface area contributed by atoms with E-state index in [0.29, 0.717) is 13.0 Å². The molecule has 0 aliphatic rings. The molecule has 0 aliphatic heterocycles. The van der Waals surface area contributed by atoms with Gasteiger partial charge in [0.1, 0.15) is 10.6 Å². The number of nitrogens with two attached hydrogens (primary N) is 1. The van der Waals surface area contributed by atoms with Crippen molar-refractivity contribution in [1.29, 1.82) is 0 Å². The summed E-state index contributed by atoms with van der Waals surface area (Å²) in [7, 11) is -5.89. The normalized spacial score (nSPS) is 12.1. The Morgan fingerprint density at radius 2 is 1.91 bits per heavy atom. The van der Waals surface area contributed by atoms with Crippen LogP contribution in [0.4, 0.5) is 5.69 Å². The zero-order valence-electron chi connectivity index (χ0n) is 12.5. The van der Waals surface area contributed by atoms with Crippen LogP contribution in [0.5, 0.6) is 5.75 Å². The summed E-state index contributed by atoms with van der Waals surface area (Å²) in [4.78, 5) is -0.0635. The van der Waals surface area contributed by atoms with E-state index in [2.05, 4.69) is 9.44 Å². The van der Waals surface area contributed by atoms with Crippen molar-refractivity contribution in [2.24, 2.45) is 5.73 Å². The quantitative estimate of drug-likeness (QED) is 0.541. The Kier molecular flexibility index (Phi) is 6.60. The van der Waals surface area contributed by atoms with E-state index in [1.807, 2.05) is 0 Å². The van der Waals surface area contributed by atoms with Crippen molar-refractivity contribution >= 4 is 25.7 Å². The maximum atomic E-state index is 12.2. The molecular weight excluding hydrogens is 330 g/mol. The lowest BCUT2D eigenvalue weighted by Gasteiger charge is -2.13. The molecule has 8 nitrogen and oxygen atoms in total. The van der Waals surface area contributed by atoms with Crippen LogP contribution in [-0.2, 0) is 20.0 Å². The highest BCUT2D eigenvalue weighted by Gasteiger charge is 2.20. The van der Waals surface area contributed by atoms with Crippen LogP contribution >= 0.6 is 0 Å². The summed E-state index contributed by atoms with van der Waals surface area (Å²) in [5.41, 5.74) is 5.56. The molecule has 1 rings (SSSR count). The zero-order valence-corrected chi connectivity index (χ0v) is 14.1. The molecule has 22 heavy (non-hydrogen) atoms. The maximum Gasteiger partial charge on any atom is 0.244 e. The van der Waals surface area contributed by atoms with Gasteiger partial charge in [0.25, 0.3) is 0 Å². The van der Waals surface area contributed by atoms with Gasteiger partial charge in [-0.15, -0.1) is 0 Å². The number of benzene rings is 1. The molecule has 0 radical (unpaired) electrons. The second-order valence-electron chi connectivity index (χ2n) is 4.41. The lowest BCUT2D eigenvalue weighted by molar-refractivity contribution is 0.402. The van der Waals surface area contributed by atoms with Crippen LogP contribution < -0.4 is 19.9 Å². The Balaban J connectivity index is 3.08. The molecule has 1 aromatic rings. The standard InChI is InChI=1S/C12H21N3O5S2/c1-3-21(16,17)15-10-5-6-12(11(9-10)20-2)22(18,19)14-8-4-7-13/h5-6,9,14-15H,3-4,7-8,13H2,1-2H3. The highest BCUT2D eigenvalue weighted by atomic mass is 32.2. The summed E-state index contributed by atoms with van der Waals surface area (Å²) in [5, 5.41) is 0. The first-order chi connectivity index (χ1) is 10.3. The van der Waals surface area contributed by atoms with Gasteiger partial charge in [-0.05, 0) is 32.0 Å². The molecule has 10 heteroatoms. The molecule has 0 aromatic heterocycles. The fourth-order valence-corrected chi connectivity index (χ4v) is 3.44. The third-order valence-electron chi connectivity index (χ3n) is 2.78. The third kappa shape index (κ3) is 5.13. The van der Waals surface area contributed by atoms with Crippen LogP contribution in [0.2, 0.25) is 0 Å². The predicted octanol–water partition coefficient (Wildman–Crippen LogP) is 0.0839. The van der Waals surface area contributed by atoms with Gasteiger partial charge in [0.05, 0.1) is 18.6 Å². The molecule has 0 bridgehead atoms. The molecule has 0 fully saturated rings. The van der Waals surface area contributed by atoms with E-state index in [1.165, 1.54) is 32.2 Å². The number of rotatable bonds is 9. The third-order valence-corrected chi connectivity index (χ3v) is 5.59. The second-order valence-corrected chi connectivity index (χ2v) is 8.16. The van der Waals surface area contributed by atoms with E-state index in [1.54, 1.807) is 0 Å². The van der Waals surface area contributed by atoms with Crippen LogP contribution in [0.1, 0.15) is 13.3 Å². The molecule has 1 aromatic carbocycles. The number of methoxy groups -OCH3 is 1. The van der Waals surface area contributed by atoms with E-state index in [0.717, 1.165) is 0 Å². The van der Waals surface area contributed by atoms with Crippen LogP contribution in [0, 0.1) is 0 Å². The van der Waals surface area contributed by atoms with E-state index in [9.17, 15) is 16.8 Å². The molecular formula is C12H21N3O5S2. The van der Waals surface area contributed by atoms with E-state index in [4.69, 9.17) is 10.5 Å². The van der Waals surface area contributed by atoms with Gasteiger partial charge in [0, 0.05) is 12.6 Å². The summed E-state index contributed by atoms with van der Waals surface area (Å²) in [6.45, 7) is 2.09. The van der Waals surface area contributed by atoms with Crippen molar-refractivity contribution in [1.82, 2.24) is 4.72 Å². The number of ether oxygens (including phenoxy) is 1. The van der Waals surface area contributed by atoms with Gasteiger partial charge in [0.2, 0.25) is 20.0 Å². The summed E-state index contributed by atoms with van der Waals surface area (Å²) in [6.07, 6.45) is 0.510. The Labute approximate surface area is 131 Å². The summed E-state index contributed by atoms with van der Waals surface area (Å²) in [6, 6.07) is 3.98. The fraction of sp³-hybridized carbons (Fsp3) is 0.500. The predicted molar refractivity (Wildman–Crippen MR) is 84.9 cm³/mol. The van der Waals surface area contributed by atoms with E-state index in [-0.39, 0.29) is 28.6 Å². The van der Waals surface area contributed by atoms with Crippen molar-refractivity contribution in [3.8, 4) is 5.75 Å². The minimum atomic E-state index is -3.75. The SMILES string of the molecule is CCS(=O)(=O)Nc1ccc(S(=O)(=O)NCCCN)c(OC)c1. The van der Waals surface area contributed by atoms with Gasteiger partial charge in [-0.25, -0.2) is 21.6 Å². The van der Waals surface area contributed by atoms with Crippen LogP contribution in [0.25, 0.3) is 0 Å². The van der Waals surface area contributed by atoms with E-state index >= 15 is 0 Å². The average molecular weight is 351 g/mol. The topological polar surface area (TPSA) is 128 Å². The number of sulfonamides is 2. The smallest absolute Gasteiger partial charge is 0.244 e. The lowest BCUT2D eigenvalue weighted by atomic mass is 10.3. The molecule has 0 heterocycles. The highest BCUT2D eigenvalue weighted by molar-refractivity contribution is 7.92. The molecule has 0 saturated heterocycles. The summed E-state index contributed by atoms with van der Waals surface area (Å²) >= 11 is 0. The average Bonchev–Trinajstić information content (AvgIpc) is 2.46. The van der Waals surface area contributed by atoms with Crippen LogP contribution in [0.15, 0.2) is 23.1 Å². The Hall–Kier alpha value is -1.36. The molecule has 0 saturated carbocycles. The fourth-order valence-electron chi connectivity index (χ4n) is 1.59. The number of anilines is 1. The molecule has 0 spiro atoms. The minimum absolute atomic E-state index is 0.0524. The van der Waals surface area contributed by atoms with Crippen molar-refractivity contribution in [2.45, 2.75) is 18.2 Å². The zero-order chi connectivity index (χ0) is 16.8. The Bertz CT molecular complexity index is 701. The maximum absolute atomic E-state index is 12.2. The number of hydrogen-bond donors (Lipinski definition) is 3. The first-order valence-corrected chi connectivity index (χ1v) is 9.77. The van der Waals surface area contributed by atoms with Crippen LogP contribution in [0.3, 0.4) is 0 Å². The first kappa shape index (κ1) is 18.7. The van der Waals surface area contributed by atoms with Crippen molar-refractivity contribution in [2.75, 3.05) is 30.7 Å². The van der Waals surface area contributed by atoms with Gasteiger partial charge in [-0.1, -0.05) is 0 Å². The molecule has 0 atom stereocenters. The Morgan fingerprint density at radius 1 is 1.23 bits per heavy atom. The largest absolute Gasteiger partial charge is 0.495 e.